The van der Waals surface area contributed by atoms with E-state index in [-0.39, 0.29) is 0 Å². The lowest BCUT2D eigenvalue weighted by atomic mass is 10.4. The molecule has 0 unspecified atom stereocenters. The number of unbranched alkanes of at least 4 members (excludes halogenated alkanes) is 2. The predicted molar refractivity (Wildman–Crippen MR) is 80.2 cm³/mol. The number of hydrogen-bond donors (Lipinski definition) is 1. The highest BCUT2D eigenvalue weighted by atomic mass is 32.9. The van der Waals surface area contributed by atoms with Crippen LogP contribution in [0.2, 0.25) is 0 Å². The van der Waals surface area contributed by atoms with Gasteiger partial charge in [0.25, 0.3) is 5.69 Å². The Morgan fingerprint density at radius 1 is 1.07 bits per heavy atom. The van der Waals surface area contributed by atoms with Crippen LogP contribution in [0.5, 0.6) is 0 Å². The molecule has 0 aromatic heterocycles. The van der Waals surface area contributed by atoms with Crippen molar-refractivity contribution in [1.82, 2.24) is 0 Å². The van der Waals surface area contributed by atoms with E-state index in [4.69, 9.17) is 19.7 Å². The molecule has 0 bridgehead atoms. The summed E-state index contributed by atoms with van der Waals surface area (Å²) in [5.41, 5.74) is -2.32. The molecule has 7 heteroatoms. The Balaban J connectivity index is 3.45. The third-order valence-corrected chi connectivity index (χ3v) is 7.01. The molecule has 0 aliphatic rings. The monoisotopic (exact) mass is 306 g/mol. The molecule has 0 N–H and O–H groups in total. The molecule has 0 rings (SSSR count). The van der Waals surface area contributed by atoms with Gasteiger partial charge in [-0.05, 0) is 24.6 Å². The Morgan fingerprint density at radius 2 is 1.47 bits per heavy atom. The van der Waals surface area contributed by atoms with Crippen LogP contribution in [-0.4, -0.2) is 11.5 Å². The molecule has 0 aliphatic carbocycles. The Hall–Kier alpha value is 1.62. The fraction of sp³-hybridized carbons (Fsp3) is 1.00. The fourth-order valence-electron chi connectivity index (χ4n) is 0.627. The van der Waals surface area contributed by atoms with Gasteiger partial charge in [0.2, 0.25) is 0 Å². The number of rotatable bonds is 10. The fourth-order valence-corrected chi connectivity index (χ4v) is 5.05. The highest BCUT2D eigenvalue weighted by Gasteiger charge is 2.14. The van der Waals surface area contributed by atoms with E-state index in [0.29, 0.717) is 0 Å². The summed E-state index contributed by atoms with van der Waals surface area (Å²) in [4.78, 5) is 0. The maximum atomic E-state index is 5.38. The highest BCUT2D eigenvalue weighted by Crippen LogP contribution is 2.59. The van der Waals surface area contributed by atoms with Crippen molar-refractivity contribution in [1.29, 1.82) is 0 Å². The van der Waals surface area contributed by atoms with Gasteiger partial charge in [0, 0.05) is 35.6 Å². The predicted octanol–water partition coefficient (Wildman–Crippen LogP) is 5.07. The minimum atomic E-state index is -2.32. The minimum Gasteiger partial charge on any atom is -0.250 e. The van der Waals surface area contributed by atoms with Crippen molar-refractivity contribution in [2.45, 2.75) is 39.5 Å². The van der Waals surface area contributed by atoms with Gasteiger partial charge in [0.1, 0.15) is 0 Å². The Bertz CT molecular complexity index is 175. The zero-order chi connectivity index (χ0) is 11.6. The first-order chi connectivity index (χ1) is 7.12. The van der Waals surface area contributed by atoms with Crippen molar-refractivity contribution in [2.24, 2.45) is 0 Å². The van der Waals surface area contributed by atoms with Crippen molar-refractivity contribution < 1.29 is 7.94 Å². The first-order valence-electron chi connectivity index (χ1n) is 5.07. The van der Waals surface area contributed by atoms with Crippen molar-refractivity contribution in [3.63, 3.8) is 0 Å². The SMILES string of the molecule is CCCCSOP(=S)(S)OSCCCC. The van der Waals surface area contributed by atoms with E-state index < -0.39 is 5.69 Å². The third-order valence-electron chi connectivity index (χ3n) is 1.46. The molecule has 2 nitrogen and oxygen atoms in total. The summed E-state index contributed by atoms with van der Waals surface area (Å²) in [7, 11) is 0. The van der Waals surface area contributed by atoms with Gasteiger partial charge in [-0.25, -0.2) is 7.94 Å². The van der Waals surface area contributed by atoms with Crippen LogP contribution in [0.1, 0.15) is 39.5 Å². The molecule has 0 aromatic rings. The maximum absolute atomic E-state index is 5.38. The first kappa shape index (κ1) is 16.6. The molecule has 0 saturated carbocycles. The van der Waals surface area contributed by atoms with Crippen LogP contribution >= 0.6 is 42.0 Å². The molecular weight excluding hydrogens is 287 g/mol. The van der Waals surface area contributed by atoms with Crippen LogP contribution in [0.15, 0.2) is 0 Å². The molecule has 0 spiro atoms. The van der Waals surface area contributed by atoms with Crippen molar-refractivity contribution in [3.05, 3.63) is 0 Å². The van der Waals surface area contributed by atoms with Gasteiger partial charge in [0.05, 0.1) is 0 Å². The molecule has 0 heterocycles. The van der Waals surface area contributed by atoms with Crippen molar-refractivity contribution >= 4 is 53.8 Å². The van der Waals surface area contributed by atoms with Crippen LogP contribution in [0.3, 0.4) is 0 Å². The van der Waals surface area contributed by atoms with E-state index in [1.54, 1.807) is 0 Å². The second-order valence-corrected chi connectivity index (χ2v) is 10.2. The molecule has 0 amide bonds. The van der Waals surface area contributed by atoms with Crippen LogP contribution in [0.4, 0.5) is 0 Å². The second-order valence-electron chi connectivity index (χ2n) is 2.97. The molecule has 15 heavy (non-hydrogen) atoms. The summed E-state index contributed by atoms with van der Waals surface area (Å²) >= 11 is 12.1. The van der Waals surface area contributed by atoms with Crippen LogP contribution in [0.25, 0.3) is 0 Å². The Kier molecular flexibility index (Phi) is 11.9. The first-order valence-corrected chi connectivity index (χ1v) is 10.7. The zero-order valence-corrected chi connectivity index (χ0v) is 13.4. The topological polar surface area (TPSA) is 18.5 Å². The van der Waals surface area contributed by atoms with Crippen LogP contribution in [-0.2, 0) is 19.7 Å². The summed E-state index contributed by atoms with van der Waals surface area (Å²) < 4.78 is 10.8. The van der Waals surface area contributed by atoms with E-state index in [2.05, 4.69) is 26.1 Å². The average Bonchev–Trinajstić information content (AvgIpc) is 2.20. The van der Waals surface area contributed by atoms with E-state index in [1.165, 1.54) is 24.1 Å². The molecule has 0 aliphatic heterocycles. The summed E-state index contributed by atoms with van der Waals surface area (Å²) in [6.07, 6.45) is 4.60. The third kappa shape index (κ3) is 11.9. The number of hydrogen-bond acceptors (Lipinski definition) is 5. The van der Waals surface area contributed by atoms with Crippen molar-refractivity contribution in [2.75, 3.05) is 11.5 Å². The number of thiol groups is 1. The Morgan fingerprint density at radius 3 is 1.80 bits per heavy atom. The van der Waals surface area contributed by atoms with Crippen molar-refractivity contribution in [3.8, 4) is 0 Å². The Labute approximate surface area is 112 Å². The molecule has 0 radical (unpaired) electrons. The lowest BCUT2D eigenvalue weighted by molar-refractivity contribution is 0.598. The van der Waals surface area contributed by atoms with Gasteiger partial charge in [0.15, 0.2) is 0 Å². The van der Waals surface area contributed by atoms with E-state index >= 15 is 0 Å². The van der Waals surface area contributed by atoms with Gasteiger partial charge >= 0.3 is 0 Å². The average molecular weight is 306 g/mol. The molecule has 0 saturated heterocycles. The summed E-state index contributed by atoms with van der Waals surface area (Å²) in [6.45, 7) is 4.29. The largest absolute Gasteiger partial charge is 0.266 e. The summed E-state index contributed by atoms with van der Waals surface area (Å²) in [5, 5.41) is 0. The van der Waals surface area contributed by atoms with Gasteiger partial charge < -0.3 is 0 Å². The quantitative estimate of drug-likeness (QED) is 0.262. The lowest BCUT2D eigenvalue weighted by Crippen LogP contribution is -1.83. The molecule has 0 atom stereocenters. The van der Waals surface area contributed by atoms with Gasteiger partial charge in [-0.1, -0.05) is 38.9 Å². The summed E-state index contributed by atoms with van der Waals surface area (Å²) in [5.74, 6) is 1.91. The molecule has 92 valence electrons. The normalized spacial score (nSPS) is 11.9. The van der Waals surface area contributed by atoms with E-state index in [1.807, 2.05) is 0 Å². The smallest absolute Gasteiger partial charge is 0.250 e. The zero-order valence-electron chi connectivity index (χ0n) is 9.18. The minimum absolute atomic E-state index is 0.957. The van der Waals surface area contributed by atoms with E-state index in [0.717, 1.165) is 37.2 Å². The molecular formula is C8H19O2PS4. The van der Waals surface area contributed by atoms with Gasteiger partial charge in [-0.15, -0.1) is 0 Å². The summed E-state index contributed by atoms with van der Waals surface area (Å²) in [6, 6.07) is 0. The van der Waals surface area contributed by atoms with Gasteiger partial charge in [-0.2, -0.15) is 0 Å². The van der Waals surface area contributed by atoms with Gasteiger partial charge in [-0.3, -0.25) is 0 Å². The van der Waals surface area contributed by atoms with Crippen LogP contribution in [0, 0.1) is 0 Å². The molecule has 0 fully saturated rings. The van der Waals surface area contributed by atoms with E-state index in [9.17, 15) is 0 Å². The maximum Gasteiger partial charge on any atom is 0.266 e. The molecule has 0 aromatic carbocycles. The standard InChI is InChI=1S/C8H19O2PS4/c1-3-5-7-14-9-11(12,13)10-15-8-6-4-2/h3-8H2,1-2H3,(H,12,13). The lowest BCUT2D eigenvalue weighted by Gasteiger charge is -2.13. The second kappa shape index (κ2) is 10.8. The highest BCUT2D eigenvalue weighted by molar-refractivity contribution is 8.62. The van der Waals surface area contributed by atoms with Crippen LogP contribution < -0.4 is 0 Å².